The number of amides is 1. The number of aryl methyl sites for hydroxylation is 1. The van der Waals surface area contributed by atoms with Crippen LogP contribution in [0.5, 0.6) is 0 Å². The van der Waals surface area contributed by atoms with Crippen LogP contribution in [-0.4, -0.2) is 20.9 Å². The molecule has 26 heavy (non-hydrogen) atoms. The van der Waals surface area contributed by atoms with E-state index in [1.165, 1.54) is 17.7 Å². The number of benzene rings is 2. The van der Waals surface area contributed by atoms with Gasteiger partial charge in [-0.15, -0.1) is 0 Å². The van der Waals surface area contributed by atoms with Crippen molar-refractivity contribution in [3.63, 3.8) is 0 Å². The molecule has 0 aromatic heterocycles. The van der Waals surface area contributed by atoms with Crippen molar-refractivity contribution in [2.45, 2.75) is 38.0 Å². The van der Waals surface area contributed by atoms with E-state index in [1.54, 1.807) is 12.1 Å². The summed E-state index contributed by atoms with van der Waals surface area (Å²) in [6, 6.07) is 14.4. The molecule has 0 fully saturated rings. The first-order valence-corrected chi connectivity index (χ1v) is 10.2. The lowest BCUT2D eigenvalue weighted by molar-refractivity contribution is -0.123. The summed E-state index contributed by atoms with van der Waals surface area (Å²) in [6.45, 7) is 6.59. The number of carbonyl (C=O) groups excluding carboxylic acids is 1. The quantitative estimate of drug-likeness (QED) is 0.781. The number of primary sulfonamides is 1. The van der Waals surface area contributed by atoms with Gasteiger partial charge in [0, 0.05) is 6.54 Å². The molecule has 3 N–H and O–H groups in total. The second-order valence-electron chi connectivity index (χ2n) is 6.86. The van der Waals surface area contributed by atoms with Gasteiger partial charge in [-0.1, -0.05) is 55.8 Å². The Morgan fingerprint density at radius 2 is 1.62 bits per heavy atom. The van der Waals surface area contributed by atoms with Gasteiger partial charge in [0.25, 0.3) is 0 Å². The molecule has 2 aromatic rings. The van der Waals surface area contributed by atoms with E-state index in [0.29, 0.717) is 13.0 Å². The maximum atomic E-state index is 12.6. The fourth-order valence-electron chi connectivity index (χ4n) is 2.90. The van der Waals surface area contributed by atoms with Crippen LogP contribution in [0.2, 0.25) is 0 Å². The topological polar surface area (TPSA) is 89.3 Å². The molecule has 0 spiro atoms. The molecule has 1 atom stereocenters. The molecular weight excluding hydrogens is 348 g/mol. The second-order valence-corrected chi connectivity index (χ2v) is 8.42. The first-order chi connectivity index (χ1) is 12.2. The van der Waals surface area contributed by atoms with Crippen LogP contribution in [-0.2, 0) is 21.2 Å². The van der Waals surface area contributed by atoms with Crippen molar-refractivity contribution in [3.05, 3.63) is 65.2 Å². The number of hydrogen-bond donors (Lipinski definition) is 2. The molecule has 0 saturated heterocycles. The zero-order chi connectivity index (χ0) is 19.3. The number of sulfonamides is 1. The molecule has 6 heteroatoms. The molecule has 2 aromatic carbocycles. The monoisotopic (exact) mass is 374 g/mol. The molecule has 0 bridgehead atoms. The first kappa shape index (κ1) is 20.1. The van der Waals surface area contributed by atoms with Crippen LogP contribution < -0.4 is 10.5 Å². The Morgan fingerprint density at radius 3 is 2.12 bits per heavy atom. The van der Waals surface area contributed by atoms with E-state index in [1.807, 2.05) is 45.0 Å². The van der Waals surface area contributed by atoms with E-state index in [4.69, 9.17) is 5.14 Å². The number of nitrogens with one attached hydrogen (secondary N) is 1. The third kappa shape index (κ3) is 5.41. The zero-order valence-corrected chi connectivity index (χ0v) is 16.2. The Labute approximate surface area is 155 Å². The number of rotatable bonds is 7. The van der Waals surface area contributed by atoms with Crippen molar-refractivity contribution in [2.24, 2.45) is 11.1 Å². The summed E-state index contributed by atoms with van der Waals surface area (Å²) in [5.41, 5.74) is 3.12. The molecule has 0 radical (unpaired) electrons. The van der Waals surface area contributed by atoms with Gasteiger partial charge in [0.05, 0.1) is 10.8 Å². The predicted molar refractivity (Wildman–Crippen MR) is 103 cm³/mol. The van der Waals surface area contributed by atoms with E-state index < -0.39 is 10.0 Å². The van der Waals surface area contributed by atoms with E-state index in [0.717, 1.165) is 11.1 Å². The molecule has 1 unspecified atom stereocenters. The van der Waals surface area contributed by atoms with Crippen LogP contribution in [0.4, 0.5) is 0 Å². The van der Waals surface area contributed by atoms with Gasteiger partial charge in [0.2, 0.25) is 15.9 Å². The van der Waals surface area contributed by atoms with Crippen molar-refractivity contribution < 1.29 is 13.2 Å². The summed E-state index contributed by atoms with van der Waals surface area (Å²) in [5.74, 6) is -0.00267. The molecule has 0 aliphatic carbocycles. The van der Waals surface area contributed by atoms with Gasteiger partial charge in [0.1, 0.15) is 0 Å². The summed E-state index contributed by atoms with van der Waals surface area (Å²) in [7, 11) is -3.68. The van der Waals surface area contributed by atoms with Crippen molar-refractivity contribution >= 4 is 15.9 Å². The Balaban J connectivity index is 1.97. The Kier molecular flexibility index (Phi) is 6.56. The highest BCUT2D eigenvalue weighted by Crippen LogP contribution is 2.25. The van der Waals surface area contributed by atoms with Crippen molar-refractivity contribution in [1.82, 2.24) is 5.32 Å². The lowest BCUT2D eigenvalue weighted by Gasteiger charge is -2.21. The summed E-state index contributed by atoms with van der Waals surface area (Å²) in [5, 5.41) is 8.08. The van der Waals surface area contributed by atoms with Crippen LogP contribution >= 0.6 is 0 Å². The van der Waals surface area contributed by atoms with Crippen LogP contribution in [0, 0.1) is 12.8 Å². The highest BCUT2D eigenvalue weighted by Gasteiger charge is 2.23. The highest BCUT2D eigenvalue weighted by atomic mass is 32.2. The standard InChI is InChI=1S/C20H26N2O3S/c1-14(2)19(17-8-4-15(3)5-9-17)20(23)22-13-12-16-6-10-18(11-7-16)26(21,24)25/h4-11,14,19H,12-13H2,1-3H3,(H,22,23)(H2,21,24,25). The van der Waals surface area contributed by atoms with E-state index in [9.17, 15) is 13.2 Å². The smallest absolute Gasteiger partial charge is 0.238 e. The maximum absolute atomic E-state index is 12.6. The molecule has 0 aliphatic rings. The van der Waals surface area contributed by atoms with Gasteiger partial charge >= 0.3 is 0 Å². The average Bonchev–Trinajstić information content (AvgIpc) is 2.56. The minimum Gasteiger partial charge on any atom is -0.355 e. The molecule has 5 nitrogen and oxygen atoms in total. The van der Waals surface area contributed by atoms with Crippen molar-refractivity contribution in [3.8, 4) is 0 Å². The van der Waals surface area contributed by atoms with Crippen LogP contribution in [0.3, 0.4) is 0 Å². The van der Waals surface area contributed by atoms with Gasteiger partial charge in [-0.3, -0.25) is 4.79 Å². The zero-order valence-electron chi connectivity index (χ0n) is 15.4. The number of carbonyl (C=O) groups is 1. The molecule has 1 amide bonds. The molecule has 0 heterocycles. The normalized spacial score (nSPS) is 12.8. The molecule has 0 aliphatic heterocycles. The average molecular weight is 375 g/mol. The van der Waals surface area contributed by atoms with E-state index in [2.05, 4.69) is 5.32 Å². The van der Waals surface area contributed by atoms with Crippen LogP contribution in [0.1, 0.15) is 36.5 Å². The summed E-state index contributed by atoms with van der Waals surface area (Å²) in [6.07, 6.45) is 0.620. The first-order valence-electron chi connectivity index (χ1n) is 8.64. The van der Waals surface area contributed by atoms with Crippen molar-refractivity contribution in [1.29, 1.82) is 0 Å². The lowest BCUT2D eigenvalue weighted by Crippen LogP contribution is -2.33. The maximum Gasteiger partial charge on any atom is 0.238 e. The minimum atomic E-state index is -3.68. The third-order valence-corrected chi connectivity index (χ3v) is 5.28. The van der Waals surface area contributed by atoms with Crippen molar-refractivity contribution in [2.75, 3.05) is 6.54 Å². The number of hydrogen-bond acceptors (Lipinski definition) is 3. The number of nitrogens with two attached hydrogens (primary N) is 1. The third-order valence-electron chi connectivity index (χ3n) is 4.35. The van der Waals surface area contributed by atoms with Crippen LogP contribution in [0.15, 0.2) is 53.4 Å². The largest absolute Gasteiger partial charge is 0.355 e. The van der Waals surface area contributed by atoms with Gasteiger partial charge in [0.15, 0.2) is 0 Å². The lowest BCUT2D eigenvalue weighted by atomic mass is 9.87. The fourth-order valence-corrected chi connectivity index (χ4v) is 3.41. The van der Waals surface area contributed by atoms with Gasteiger partial charge in [-0.25, -0.2) is 13.6 Å². The molecular formula is C20H26N2O3S. The summed E-state index contributed by atoms with van der Waals surface area (Å²) in [4.78, 5) is 12.7. The highest BCUT2D eigenvalue weighted by molar-refractivity contribution is 7.89. The fraction of sp³-hybridized carbons (Fsp3) is 0.350. The SMILES string of the molecule is Cc1ccc(C(C(=O)NCCc2ccc(S(N)(=O)=O)cc2)C(C)C)cc1. The second kappa shape index (κ2) is 8.47. The Bertz CT molecular complexity index is 842. The summed E-state index contributed by atoms with van der Waals surface area (Å²) >= 11 is 0. The molecule has 2 rings (SSSR count). The van der Waals surface area contributed by atoms with Crippen LogP contribution in [0.25, 0.3) is 0 Å². The van der Waals surface area contributed by atoms with E-state index in [-0.39, 0.29) is 22.6 Å². The van der Waals surface area contributed by atoms with Gasteiger partial charge in [-0.05, 0) is 42.5 Å². The van der Waals surface area contributed by atoms with Gasteiger partial charge < -0.3 is 5.32 Å². The Hall–Kier alpha value is -2.18. The summed E-state index contributed by atoms with van der Waals surface area (Å²) < 4.78 is 22.5. The Morgan fingerprint density at radius 1 is 1.04 bits per heavy atom. The molecule has 0 saturated carbocycles. The van der Waals surface area contributed by atoms with Gasteiger partial charge in [-0.2, -0.15) is 0 Å². The van der Waals surface area contributed by atoms with E-state index >= 15 is 0 Å². The molecule has 140 valence electrons. The minimum absolute atomic E-state index is 0.00464. The predicted octanol–water partition coefficient (Wildman–Crippen LogP) is 2.74.